The van der Waals surface area contributed by atoms with E-state index in [4.69, 9.17) is 13.9 Å². The maximum absolute atomic E-state index is 12.8. The van der Waals surface area contributed by atoms with Gasteiger partial charge < -0.3 is 13.9 Å². The van der Waals surface area contributed by atoms with Gasteiger partial charge in [0, 0.05) is 64.3 Å². The zero-order chi connectivity index (χ0) is 25.3. The molecule has 0 N–H and O–H groups in total. The molecule has 0 unspecified atom stereocenters. The molecule has 5 heterocycles. The SMILES string of the molecule is Cn1nc(-c2ccnc(OCC3CCOCC3)c2)c2oc(CN3CCN(S(C)(=O)=O)CC3)cc2c1=O. The number of piperazine rings is 1. The number of sulfonamides is 1. The Morgan fingerprint density at radius 1 is 1.14 bits per heavy atom. The summed E-state index contributed by atoms with van der Waals surface area (Å²) in [5.74, 6) is 1.58. The summed E-state index contributed by atoms with van der Waals surface area (Å²) in [6.07, 6.45) is 4.84. The minimum Gasteiger partial charge on any atom is -0.477 e. The second-order valence-corrected chi connectivity index (χ2v) is 11.4. The first-order valence-electron chi connectivity index (χ1n) is 12.1. The molecule has 5 rings (SSSR count). The zero-order valence-corrected chi connectivity index (χ0v) is 21.4. The van der Waals surface area contributed by atoms with Gasteiger partial charge in [0.1, 0.15) is 11.5 Å². The number of ether oxygens (including phenoxy) is 2. The molecule has 0 atom stereocenters. The first-order chi connectivity index (χ1) is 17.3. The van der Waals surface area contributed by atoms with Crippen LogP contribution in [0.4, 0.5) is 0 Å². The summed E-state index contributed by atoms with van der Waals surface area (Å²) >= 11 is 0. The molecule has 36 heavy (non-hydrogen) atoms. The minimum atomic E-state index is -3.19. The van der Waals surface area contributed by atoms with Crippen LogP contribution < -0.4 is 10.3 Å². The van der Waals surface area contributed by atoms with Gasteiger partial charge in [0.2, 0.25) is 15.9 Å². The first-order valence-corrected chi connectivity index (χ1v) is 14.0. The first kappa shape index (κ1) is 24.9. The lowest BCUT2D eigenvalue weighted by Gasteiger charge is -2.32. The summed E-state index contributed by atoms with van der Waals surface area (Å²) in [5, 5.41) is 4.94. The quantitative estimate of drug-likeness (QED) is 0.459. The molecular formula is C24H31N5O6S. The highest BCUT2D eigenvalue weighted by Gasteiger charge is 2.25. The number of pyridine rings is 1. The van der Waals surface area contributed by atoms with E-state index in [9.17, 15) is 13.2 Å². The normalized spacial score (nSPS) is 18.6. The minimum absolute atomic E-state index is 0.240. The molecule has 2 saturated heterocycles. The second-order valence-electron chi connectivity index (χ2n) is 9.42. The largest absolute Gasteiger partial charge is 0.477 e. The molecule has 0 amide bonds. The van der Waals surface area contributed by atoms with Crippen molar-refractivity contribution in [1.82, 2.24) is 24.0 Å². The van der Waals surface area contributed by atoms with E-state index in [-0.39, 0.29) is 5.56 Å². The Hall–Kier alpha value is -2.80. The molecule has 0 aromatic carbocycles. The zero-order valence-electron chi connectivity index (χ0n) is 20.6. The number of nitrogens with zero attached hydrogens (tertiary/aromatic N) is 5. The Balaban J connectivity index is 1.37. The van der Waals surface area contributed by atoms with Crippen LogP contribution in [0.25, 0.3) is 22.2 Å². The van der Waals surface area contributed by atoms with Gasteiger partial charge in [0.25, 0.3) is 5.56 Å². The van der Waals surface area contributed by atoms with Crippen molar-refractivity contribution < 1.29 is 22.3 Å². The lowest BCUT2D eigenvalue weighted by molar-refractivity contribution is 0.0490. The maximum Gasteiger partial charge on any atom is 0.277 e. The van der Waals surface area contributed by atoms with Crippen molar-refractivity contribution in [1.29, 1.82) is 0 Å². The number of fused-ring (bicyclic) bond motifs is 1. The molecule has 0 radical (unpaired) electrons. The summed E-state index contributed by atoms with van der Waals surface area (Å²) in [5.41, 5.74) is 1.47. The molecule has 0 aliphatic carbocycles. The maximum atomic E-state index is 12.8. The van der Waals surface area contributed by atoms with E-state index in [0.717, 1.165) is 31.6 Å². The average molecular weight is 518 g/mol. The molecule has 0 spiro atoms. The average Bonchev–Trinajstić information content (AvgIpc) is 3.29. The molecule has 0 bridgehead atoms. The van der Waals surface area contributed by atoms with Gasteiger partial charge in [-0.05, 0) is 30.9 Å². The Bertz CT molecular complexity index is 1390. The number of hydrogen-bond donors (Lipinski definition) is 0. The van der Waals surface area contributed by atoms with Crippen molar-refractivity contribution in [2.24, 2.45) is 13.0 Å². The van der Waals surface area contributed by atoms with E-state index in [1.807, 2.05) is 12.1 Å². The lowest BCUT2D eigenvalue weighted by Crippen LogP contribution is -2.47. The van der Waals surface area contributed by atoms with Gasteiger partial charge in [-0.2, -0.15) is 9.40 Å². The smallest absolute Gasteiger partial charge is 0.277 e. The molecule has 2 fully saturated rings. The van der Waals surface area contributed by atoms with Crippen LogP contribution >= 0.6 is 0 Å². The molecule has 12 heteroatoms. The summed E-state index contributed by atoms with van der Waals surface area (Å²) in [7, 11) is -1.58. The molecule has 3 aromatic heterocycles. The highest BCUT2D eigenvalue weighted by molar-refractivity contribution is 7.88. The lowest BCUT2D eigenvalue weighted by atomic mass is 10.0. The molecule has 0 saturated carbocycles. The van der Waals surface area contributed by atoms with E-state index < -0.39 is 10.0 Å². The third-order valence-electron chi connectivity index (χ3n) is 6.77. The van der Waals surface area contributed by atoms with Crippen molar-refractivity contribution >= 4 is 21.0 Å². The fourth-order valence-electron chi connectivity index (χ4n) is 4.65. The molecule has 194 valence electrons. The van der Waals surface area contributed by atoms with Crippen LogP contribution in [-0.4, -0.2) is 84.6 Å². The van der Waals surface area contributed by atoms with E-state index in [1.165, 1.54) is 15.2 Å². The van der Waals surface area contributed by atoms with Crippen LogP contribution in [0.1, 0.15) is 18.6 Å². The monoisotopic (exact) mass is 517 g/mol. The standard InChI is InChI=1S/C24H31N5O6S/c1-27-24(30)20-14-19(15-28-7-9-29(10-8-28)36(2,31)32)35-23(20)22(26-27)18-3-6-25-21(13-18)34-16-17-4-11-33-12-5-17/h3,6,13-14,17H,4-5,7-12,15-16H2,1-2H3. The summed E-state index contributed by atoms with van der Waals surface area (Å²) < 4.78 is 43.9. The Morgan fingerprint density at radius 3 is 2.61 bits per heavy atom. The van der Waals surface area contributed by atoms with Crippen molar-refractivity contribution in [3.05, 3.63) is 40.5 Å². The second kappa shape index (κ2) is 10.3. The van der Waals surface area contributed by atoms with Crippen molar-refractivity contribution in [2.45, 2.75) is 19.4 Å². The predicted molar refractivity (Wildman–Crippen MR) is 133 cm³/mol. The van der Waals surface area contributed by atoms with Crippen LogP contribution in [0, 0.1) is 5.92 Å². The number of aryl methyl sites for hydroxylation is 1. The van der Waals surface area contributed by atoms with Gasteiger partial charge in [-0.1, -0.05) is 0 Å². The van der Waals surface area contributed by atoms with Crippen molar-refractivity contribution in [2.75, 3.05) is 52.3 Å². The Labute approximate surface area is 209 Å². The van der Waals surface area contributed by atoms with E-state index in [2.05, 4.69) is 15.0 Å². The third kappa shape index (κ3) is 5.46. The van der Waals surface area contributed by atoms with Crippen LogP contribution in [0.3, 0.4) is 0 Å². The van der Waals surface area contributed by atoms with Crippen molar-refractivity contribution in [3.8, 4) is 17.1 Å². The number of rotatable bonds is 7. The topological polar surface area (TPSA) is 120 Å². The third-order valence-corrected chi connectivity index (χ3v) is 8.07. The summed E-state index contributed by atoms with van der Waals surface area (Å²) in [6.45, 7) is 4.61. The molecule has 3 aromatic rings. The van der Waals surface area contributed by atoms with E-state index in [1.54, 1.807) is 19.3 Å². The predicted octanol–water partition coefficient (Wildman–Crippen LogP) is 1.47. The summed E-state index contributed by atoms with van der Waals surface area (Å²) in [6, 6.07) is 5.40. The number of furan rings is 1. The fourth-order valence-corrected chi connectivity index (χ4v) is 5.48. The van der Waals surface area contributed by atoms with Gasteiger partial charge >= 0.3 is 0 Å². The van der Waals surface area contributed by atoms with Gasteiger partial charge in [-0.3, -0.25) is 9.69 Å². The number of hydrogen-bond acceptors (Lipinski definition) is 9. The molecule has 2 aliphatic heterocycles. The molecule has 11 nitrogen and oxygen atoms in total. The van der Waals surface area contributed by atoms with E-state index >= 15 is 0 Å². The Morgan fingerprint density at radius 2 is 1.89 bits per heavy atom. The van der Waals surface area contributed by atoms with Gasteiger partial charge in [-0.25, -0.2) is 18.1 Å². The Kier molecular flexibility index (Phi) is 7.11. The van der Waals surface area contributed by atoms with Crippen molar-refractivity contribution in [3.63, 3.8) is 0 Å². The van der Waals surface area contributed by atoms with Gasteiger partial charge in [0.15, 0.2) is 5.58 Å². The highest BCUT2D eigenvalue weighted by Crippen LogP contribution is 2.29. The summed E-state index contributed by atoms with van der Waals surface area (Å²) in [4.78, 5) is 19.3. The highest BCUT2D eigenvalue weighted by atomic mass is 32.2. The van der Waals surface area contributed by atoms with E-state index in [0.29, 0.717) is 73.6 Å². The fraction of sp³-hybridized carbons (Fsp3) is 0.542. The molecule has 2 aliphatic rings. The van der Waals surface area contributed by atoms with Gasteiger partial charge in [-0.15, -0.1) is 0 Å². The van der Waals surface area contributed by atoms with Crippen LogP contribution in [-0.2, 0) is 28.4 Å². The van der Waals surface area contributed by atoms with Crippen LogP contribution in [0.2, 0.25) is 0 Å². The van der Waals surface area contributed by atoms with Crippen LogP contribution in [0.5, 0.6) is 5.88 Å². The molecular weight excluding hydrogens is 486 g/mol. The number of aromatic nitrogens is 3. The van der Waals surface area contributed by atoms with Gasteiger partial charge in [0.05, 0.1) is 24.8 Å². The van der Waals surface area contributed by atoms with Crippen LogP contribution in [0.15, 0.2) is 33.6 Å².